The zero-order valence-electron chi connectivity index (χ0n) is 27.5. The number of rotatable bonds is 6. The third kappa shape index (κ3) is 4.71. The fourth-order valence-electron chi connectivity index (χ4n) is 7.62. The van der Waals surface area contributed by atoms with Gasteiger partial charge >= 0.3 is 5.97 Å². The molecule has 6 heterocycles. The summed E-state index contributed by atoms with van der Waals surface area (Å²) in [6, 6.07) is 2.09. The van der Waals surface area contributed by atoms with Crippen LogP contribution in [0.3, 0.4) is 0 Å². The van der Waals surface area contributed by atoms with Crippen LogP contribution in [0.4, 0.5) is 0 Å². The van der Waals surface area contributed by atoms with E-state index < -0.39 is 5.97 Å². The van der Waals surface area contributed by atoms with Crippen LogP contribution in [0.25, 0.3) is 0 Å². The van der Waals surface area contributed by atoms with E-state index in [4.69, 9.17) is 20.1 Å². The van der Waals surface area contributed by atoms with E-state index in [2.05, 4.69) is 58.2 Å². The van der Waals surface area contributed by atoms with Gasteiger partial charge in [-0.2, -0.15) is 5.10 Å². The molecule has 0 spiro atoms. The van der Waals surface area contributed by atoms with Crippen molar-refractivity contribution in [3.63, 3.8) is 0 Å². The lowest BCUT2D eigenvalue weighted by Gasteiger charge is -2.17. The highest BCUT2D eigenvalue weighted by atomic mass is 16.4. The van der Waals surface area contributed by atoms with Gasteiger partial charge in [0.25, 0.3) is 0 Å². The number of aliphatic hydroxyl groups excluding tert-OH is 1. The average Bonchev–Trinajstić information content (AvgIpc) is 3.80. The number of nitrogens with zero attached hydrogens (tertiary/aromatic N) is 5. The number of hydrogen-bond acceptors (Lipinski definition) is 7. The number of aliphatic hydroxyl groups is 1. The molecule has 5 aliphatic heterocycles. The Hall–Kier alpha value is -4.79. The van der Waals surface area contributed by atoms with Crippen molar-refractivity contribution in [3.8, 4) is 0 Å². The number of allylic oxidation sites excluding steroid dienone is 12. The Labute approximate surface area is 269 Å². The number of carboxylic acids is 1. The number of fused-ring (bicyclic) bond motifs is 5. The van der Waals surface area contributed by atoms with Gasteiger partial charge in [0.1, 0.15) is 5.76 Å². The van der Waals surface area contributed by atoms with Crippen molar-refractivity contribution in [1.29, 1.82) is 0 Å². The molecule has 236 valence electrons. The van der Waals surface area contributed by atoms with Gasteiger partial charge in [0.2, 0.25) is 0 Å². The maximum Gasteiger partial charge on any atom is 0.303 e. The molecule has 7 rings (SSSR count). The summed E-state index contributed by atoms with van der Waals surface area (Å²) in [5, 5.41) is 29.3. The minimum absolute atomic E-state index is 0.0158. The van der Waals surface area contributed by atoms with Crippen LogP contribution in [0.5, 0.6) is 0 Å². The highest BCUT2D eigenvalue weighted by Gasteiger charge is 2.41. The van der Waals surface area contributed by atoms with E-state index in [-0.39, 0.29) is 18.3 Å². The molecular formula is C37H40N6O3. The van der Waals surface area contributed by atoms with Crippen LogP contribution in [0.2, 0.25) is 0 Å². The van der Waals surface area contributed by atoms with Crippen LogP contribution in [-0.4, -0.2) is 43.1 Å². The molecule has 2 atom stereocenters. The first kappa shape index (κ1) is 29.9. The van der Waals surface area contributed by atoms with Crippen molar-refractivity contribution >= 4 is 23.1 Å². The quantitative estimate of drug-likeness (QED) is 0.316. The molecule has 1 aromatic heterocycles. The Morgan fingerprint density at radius 3 is 2.35 bits per heavy atom. The topological polar surface area (TPSA) is 124 Å². The van der Waals surface area contributed by atoms with Crippen LogP contribution in [0, 0.1) is 25.7 Å². The molecule has 6 aliphatic rings. The summed E-state index contributed by atoms with van der Waals surface area (Å²) in [6.45, 7) is 15.2. The van der Waals surface area contributed by atoms with Gasteiger partial charge in [-0.05, 0) is 94.0 Å². The van der Waals surface area contributed by atoms with Gasteiger partial charge in [0, 0.05) is 58.5 Å². The van der Waals surface area contributed by atoms with Crippen molar-refractivity contribution < 1.29 is 15.0 Å². The van der Waals surface area contributed by atoms with Crippen molar-refractivity contribution in [1.82, 2.24) is 15.1 Å². The second-order valence-electron chi connectivity index (χ2n) is 13.1. The Balaban J connectivity index is 1.45. The van der Waals surface area contributed by atoms with Gasteiger partial charge in [-0.25, -0.2) is 15.0 Å². The van der Waals surface area contributed by atoms with Gasteiger partial charge < -0.3 is 15.5 Å². The maximum atomic E-state index is 11.7. The maximum absolute atomic E-state index is 11.7. The fourth-order valence-corrected chi connectivity index (χ4v) is 7.62. The predicted molar refractivity (Wildman–Crippen MR) is 181 cm³/mol. The standard InChI is InChI=1S/C37H40N6O3/c1-8-23-19(4)28-14-32-26(16-43-18(3)11-17(2)42-43)21(6)27(39-32)13-29-20(5)24(9-10-34(45)46)36(40-29)25-12-33(44)35-22(7)30(41-37(25)35)15-31(23)38-28/h11,13-15,20,24,40,44H,8-10,12,16H2,1-7H3,(H,45,46)/t20-,24-/m0/s1. The lowest BCUT2D eigenvalue weighted by Crippen LogP contribution is -2.15. The smallest absolute Gasteiger partial charge is 0.303 e. The SMILES string of the molecule is CCC1=C(C)C2=NC1=CC1=C(C)C3=C(O)CC(=C4NC(=CC5=NC(=C2)C(Cn2nc(C)cc2C)=C5C)[C@@H](C)[C@@H]4CCC(=O)O)C3=N1. The summed E-state index contributed by atoms with van der Waals surface area (Å²) in [5.74, 6) is -0.573. The van der Waals surface area contributed by atoms with E-state index in [1.54, 1.807) is 0 Å². The van der Waals surface area contributed by atoms with Gasteiger partial charge in [-0.15, -0.1) is 0 Å². The number of carbonyl (C=O) groups is 1. The molecule has 0 aromatic carbocycles. The molecule has 0 saturated carbocycles. The summed E-state index contributed by atoms with van der Waals surface area (Å²) < 4.78 is 2.03. The normalized spacial score (nSPS) is 23.7. The minimum atomic E-state index is -0.820. The molecule has 0 amide bonds. The number of aromatic nitrogens is 2. The van der Waals surface area contributed by atoms with E-state index in [1.165, 1.54) is 5.57 Å². The first-order chi connectivity index (χ1) is 21.9. The molecule has 1 saturated heterocycles. The third-order valence-corrected chi connectivity index (χ3v) is 10.3. The molecule has 0 unspecified atom stereocenters. The first-order valence-electron chi connectivity index (χ1n) is 16.1. The van der Waals surface area contributed by atoms with Gasteiger partial charge in [0.05, 0.1) is 46.5 Å². The lowest BCUT2D eigenvalue weighted by molar-refractivity contribution is -0.137. The third-order valence-electron chi connectivity index (χ3n) is 10.3. The number of hydrogen-bond donors (Lipinski definition) is 3. The number of aryl methyl sites for hydroxylation is 2. The average molecular weight is 617 g/mol. The van der Waals surface area contributed by atoms with E-state index >= 15 is 0 Å². The van der Waals surface area contributed by atoms with Crippen molar-refractivity contribution in [2.75, 3.05) is 0 Å². The minimum Gasteiger partial charge on any atom is -0.511 e. The summed E-state index contributed by atoms with van der Waals surface area (Å²) in [6.07, 6.45) is 7.98. The lowest BCUT2D eigenvalue weighted by atomic mass is 9.86. The molecule has 9 nitrogen and oxygen atoms in total. The van der Waals surface area contributed by atoms with Crippen LogP contribution in [0.1, 0.15) is 71.7 Å². The Morgan fingerprint density at radius 1 is 0.978 bits per heavy atom. The fraction of sp³-hybridized carbons (Fsp3) is 0.378. The van der Waals surface area contributed by atoms with E-state index in [1.807, 2.05) is 24.6 Å². The van der Waals surface area contributed by atoms with E-state index in [9.17, 15) is 15.0 Å². The second-order valence-corrected chi connectivity index (χ2v) is 13.1. The van der Waals surface area contributed by atoms with Crippen molar-refractivity contribution in [2.24, 2.45) is 26.8 Å². The molecule has 9 heteroatoms. The number of nitrogens with one attached hydrogen (secondary N) is 1. The zero-order valence-corrected chi connectivity index (χ0v) is 27.5. The summed E-state index contributed by atoms with van der Waals surface area (Å²) in [5.41, 5.74) is 16.2. The highest BCUT2D eigenvalue weighted by Crippen LogP contribution is 2.46. The van der Waals surface area contributed by atoms with E-state index in [0.29, 0.717) is 25.1 Å². The Bertz CT molecular complexity index is 2000. The first-order valence-corrected chi connectivity index (χ1v) is 16.1. The van der Waals surface area contributed by atoms with Crippen molar-refractivity contribution in [2.45, 2.75) is 80.7 Å². The van der Waals surface area contributed by atoms with Crippen molar-refractivity contribution in [3.05, 3.63) is 109 Å². The van der Waals surface area contributed by atoms with Crippen LogP contribution < -0.4 is 5.32 Å². The van der Waals surface area contributed by atoms with Crippen LogP contribution >= 0.6 is 0 Å². The second kappa shape index (κ2) is 10.9. The van der Waals surface area contributed by atoms with Crippen LogP contribution in [0.15, 0.2) is 113 Å². The number of aliphatic carboxylic acids is 1. The molecule has 1 aromatic rings. The van der Waals surface area contributed by atoms with Gasteiger partial charge in [0.15, 0.2) is 0 Å². The molecule has 46 heavy (non-hydrogen) atoms. The predicted octanol–water partition coefficient (Wildman–Crippen LogP) is 7.04. The molecule has 0 radical (unpaired) electrons. The zero-order chi connectivity index (χ0) is 32.6. The number of aliphatic imine (C=N–C) groups is 3. The highest BCUT2D eigenvalue weighted by molar-refractivity contribution is 6.21. The Kier molecular flexibility index (Phi) is 7.10. The molecule has 3 N–H and O–H groups in total. The monoisotopic (exact) mass is 616 g/mol. The van der Waals surface area contributed by atoms with Gasteiger partial charge in [-0.3, -0.25) is 9.48 Å². The van der Waals surface area contributed by atoms with E-state index in [0.717, 1.165) is 96.9 Å². The van der Waals surface area contributed by atoms with Gasteiger partial charge in [-0.1, -0.05) is 13.8 Å². The summed E-state index contributed by atoms with van der Waals surface area (Å²) >= 11 is 0. The number of carboxylic acid groups (broad SMARTS) is 1. The summed E-state index contributed by atoms with van der Waals surface area (Å²) in [4.78, 5) is 27.2. The molecule has 8 bridgehead atoms. The van der Waals surface area contributed by atoms with Crippen LogP contribution in [-0.2, 0) is 11.3 Å². The molecule has 1 aliphatic carbocycles. The molecule has 1 fully saturated rings. The molecular weight excluding hydrogens is 576 g/mol. The summed E-state index contributed by atoms with van der Waals surface area (Å²) in [7, 11) is 0. The largest absolute Gasteiger partial charge is 0.511 e. The Morgan fingerprint density at radius 2 is 1.67 bits per heavy atom.